The van der Waals surface area contributed by atoms with E-state index in [9.17, 15) is 4.79 Å². The molecule has 1 fully saturated rings. The van der Waals surface area contributed by atoms with Crippen molar-refractivity contribution in [3.8, 4) is 0 Å². The average Bonchev–Trinajstić information content (AvgIpc) is 2.69. The second-order valence-corrected chi connectivity index (χ2v) is 9.24. The first-order chi connectivity index (χ1) is 13.8. The van der Waals surface area contributed by atoms with E-state index in [0.29, 0.717) is 10.0 Å². The Morgan fingerprint density at radius 1 is 1.07 bits per heavy atom. The van der Waals surface area contributed by atoms with Crippen LogP contribution in [0.1, 0.15) is 43.2 Å². The predicted octanol–water partition coefficient (Wildman–Crippen LogP) is 3.56. The third kappa shape index (κ3) is 7.26. The van der Waals surface area contributed by atoms with E-state index in [4.69, 9.17) is 23.2 Å². The lowest BCUT2D eigenvalue weighted by Crippen LogP contribution is -3.00. The zero-order valence-corrected chi connectivity index (χ0v) is 21.2. The lowest BCUT2D eigenvalue weighted by atomic mass is 9.92. The molecule has 1 amide bonds. The fourth-order valence-electron chi connectivity index (χ4n) is 4.10. The van der Waals surface area contributed by atoms with Gasteiger partial charge >= 0.3 is 0 Å². The normalized spacial score (nSPS) is 15.1. The molecule has 30 heavy (non-hydrogen) atoms. The van der Waals surface area contributed by atoms with Gasteiger partial charge in [0, 0.05) is 17.3 Å². The molecule has 0 aromatic heterocycles. The highest BCUT2D eigenvalue weighted by atomic mass is 127. The van der Waals surface area contributed by atoms with Crippen LogP contribution < -0.4 is 29.3 Å². The first-order valence-electron chi connectivity index (χ1n) is 10.2. The molecule has 1 aliphatic rings. The van der Waals surface area contributed by atoms with E-state index in [1.165, 1.54) is 43.7 Å². The van der Waals surface area contributed by atoms with Crippen LogP contribution in [0.4, 0.5) is 5.69 Å². The number of carbonyl (C=O) groups is 1. The molecule has 2 aromatic carbocycles. The van der Waals surface area contributed by atoms with Crippen LogP contribution in [0.15, 0.2) is 48.5 Å². The van der Waals surface area contributed by atoms with Gasteiger partial charge in [0.2, 0.25) is 5.91 Å². The van der Waals surface area contributed by atoms with Crippen molar-refractivity contribution >= 4 is 40.9 Å². The zero-order chi connectivity index (χ0) is 20.9. The summed E-state index contributed by atoms with van der Waals surface area (Å²) in [6.07, 6.45) is 9.90. The number of benzene rings is 2. The quantitative estimate of drug-likeness (QED) is 0.328. The van der Waals surface area contributed by atoms with E-state index in [2.05, 4.69) is 31.5 Å². The first-order valence-corrected chi connectivity index (χ1v) is 10.9. The van der Waals surface area contributed by atoms with Gasteiger partial charge in [-0.1, -0.05) is 47.8 Å². The van der Waals surface area contributed by atoms with Crippen LogP contribution in [-0.4, -0.2) is 30.5 Å². The highest BCUT2D eigenvalue weighted by Gasteiger charge is 2.29. The molecule has 0 bridgehead atoms. The molecule has 162 valence electrons. The highest BCUT2D eigenvalue weighted by Crippen LogP contribution is 2.28. The van der Waals surface area contributed by atoms with E-state index in [-0.39, 0.29) is 29.9 Å². The Labute approximate surface area is 207 Å². The van der Waals surface area contributed by atoms with Gasteiger partial charge in [-0.25, -0.2) is 0 Å². The zero-order valence-electron chi connectivity index (χ0n) is 17.5. The van der Waals surface area contributed by atoms with Crippen molar-refractivity contribution in [2.45, 2.75) is 44.7 Å². The van der Waals surface area contributed by atoms with Crippen molar-refractivity contribution in [1.82, 2.24) is 0 Å². The Hall–Kier alpha value is -1.08. The van der Waals surface area contributed by atoms with Gasteiger partial charge in [-0.05, 0) is 61.6 Å². The summed E-state index contributed by atoms with van der Waals surface area (Å²) in [5.74, 6) is -0.172. The Kier molecular flexibility index (Phi) is 9.67. The first kappa shape index (κ1) is 25.2. The number of nitrogens with one attached hydrogen (secondary N) is 1. The lowest BCUT2D eigenvalue weighted by Gasteiger charge is -2.40. The molecular weight excluding hydrogens is 530 g/mol. The lowest BCUT2D eigenvalue weighted by molar-refractivity contribution is -0.929. The summed E-state index contributed by atoms with van der Waals surface area (Å²) < 4.78 is 0.995. The molecule has 0 heterocycles. The number of carbonyl (C=O) groups excluding carboxylic acids is 1. The van der Waals surface area contributed by atoms with E-state index < -0.39 is 0 Å². The van der Waals surface area contributed by atoms with E-state index in [1.807, 2.05) is 18.2 Å². The van der Waals surface area contributed by atoms with Crippen molar-refractivity contribution in [1.29, 1.82) is 0 Å². The Balaban J connectivity index is 0.00000320. The van der Waals surface area contributed by atoms with Gasteiger partial charge in [0.05, 0.1) is 30.2 Å². The van der Waals surface area contributed by atoms with Crippen molar-refractivity contribution in [2.75, 3.05) is 19.4 Å². The molecule has 3 rings (SSSR count). The van der Waals surface area contributed by atoms with Crippen LogP contribution in [0.5, 0.6) is 0 Å². The maximum Gasteiger partial charge on any atom is 0.248 e. The number of hydrogen-bond donors (Lipinski definition) is 1. The van der Waals surface area contributed by atoms with Gasteiger partial charge in [0.15, 0.2) is 0 Å². The average molecular weight is 559 g/mol. The molecule has 6 heteroatoms. The minimum absolute atomic E-state index is 0. The molecule has 0 radical (unpaired) electrons. The van der Waals surface area contributed by atoms with Gasteiger partial charge in [-0.15, -0.1) is 0 Å². The van der Waals surface area contributed by atoms with E-state index in [0.717, 1.165) is 28.3 Å². The third-order valence-electron chi connectivity index (χ3n) is 5.72. The second kappa shape index (κ2) is 11.5. The number of amides is 1. The molecule has 0 atom stereocenters. The summed E-state index contributed by atoms with van der Waals surface area (Å²) in [6.45, 7) is 0.966. The molecule has 2 aromatic rings. The van der Waals surface area contributed by atoms with Crippen molar-refractivity contribution < 1.29 is 33.3 Å². The van der Waals surface area contributed by atoms with Crippen molar-refractivity contribution in [3.05, 3.63) is 69.7 Å². The number of nitrogens with zero attached hydrogens (tertiary/aromatic N) is 1. The fourth-order valence-corrected chi connectivity index (χ4v) is 4.41. The Morgan fingerprint density at radius 2 is 1.80 bits per heavy atom. The third-order valence-corrected chi connectivity index (χ3v) is 6.46. The number of halogens is 3. The molecule has 0 aliphatic heterocycles. The minimum Gasteiger partial charge on any atom is -1.00 e. The summed E-state index contributed by atoms with van der Waals surface area (Å²) in [6, 6.07) is 14.2. The Bertz CT molecular complexity index is 893. The monoisotopic (exact) mass is 558 g/mol. The summed E-state index contributed by atoms with van der Waals surface area (Å²) in [5, 5.41) is 3.92. The van der Waals surface area contributed by atoms with Crippen LogP contribution >= 0.6 is 23.2 Å². The second-order valence-electron chi connectivity index (χ2n) is 8.43. The number of hydrogen-bond acceptors (Lipinski definition) is 1. The van der Waals surface area contributed by atoms with Crippen molar-refractivity contribution in [3.63, 3.8) is 0 Å². The molecule has 1 N–H and O–H groups in total. The van der Waals surface area contributed by atoms with E-state index in [1.54, 1.807) is 18.2 Å². The Morgan fingerprint density at radius 3 is 2.50 bits per heavy atom. The topological polar surface area (TPSA) is 29.1 Å². The molecule has 0 saturated heterocycles. The summed E-state index contributed by atoms with van der Waals surface area (Å²) in [7, 11) is 4.64. The smallest absolute Gasteiger partial charge is 0.248 e. The standard InChI is InChI=1S/C24H28Cl2N2O.HI/c1-28(2,21-9-4-3-5-10-21)17-19-7-6-8-20(15-19)27-24(29)14-12-18-11-13-22(25)23(26)16-18;/h6-8,11-16,21H,3-5,9-10,17H2,1-2H3;1H/b14-12+;. The van der Waals surface area contributed by atoms with Crippen LogP contribution in [0.2, 0.25) is 10.0 Å². The largest absolute Gasteiger partial charge is 1.00 e. The van der Waals surface area contributed by atoms with Gasteiger partial charge in [0.1, 0.15) is 6.54 Å². The van der Waals surface area contributed by atoms with Gasteiger partial charge < -0.3 is 33.8 Å². The summed E-state index contributed by atoms with van der Waals surface area (Å²) in [4.78, 5) is 12.3. The van der Waals surface area contributed by atoms with Crippen LogP contribution in [0, 0.1) is 0 Å². The maximum absolute atomic E-state index is 12.3. The van der Waals surface area contributed by atoms with Crippen molar-refractivity contribution in [2.24, 2.45) is 0 Å². The maximum atomic E-state index is 12.3. The molecule has 1 saturated carbocycles. The summed E-state index contributed by atoms with van der Waals surface area (Å²) in [5.41, 5.74) is 2.89. The van der Waals surface area contributed by atoms with Crippen LogP contribution in [0.3, 0.4) is 0 Å². The van der Waals surface area contributed by atoms with Crippen LogP contribution in [-0.2, 0) is 11.3 Å². The summed E-state index contributed by atoms with van der Waals surface area (Å²) >= 11 is 11.9. The highest BCUT2D eigenvalue weighted by molar-refractivity contribution is 6.42. The molecular formula is C24H29Cl2IN2O. The molecule has 0 spiro atoms. The minimum atomic E-state index is -0.172. The molecule has 1 aliphatic carbocycles. The predicted molar refractivity (Wildman–Crippen MR) is 123 cm³/mol. The van der Waals surface area contributed by atoms with Gasteiger partial charge in [-0.3, -0.25) is 4.79 Å². The van der Waals surface area contributed by atoms with Gasteiger partial charge in [0.25, 0.3) is 0 Å². The van der Waals surface area contributed by atoms with Gasteiger partial charge in [-0.2, -0.15) is 0 Å². The van der Waals surface area contributed by atoms with Crippen LogP contribution in [0.25, 0.3) is 6.08 Å². The van der Waals surface area contributed by atoms with E-state index >= 15 is 0 Å². The molecule has 3 nitrogen and oxygen atoms in total. The number of quaternary nitrogens is 1. The number of anilines is 1. The fraction of sp³-hybridized carbons (Fsp3) is 0.375. The number of rotatable bonds is 6. The SMILES string of the molecule is C[N+](C)(Cc1cccc(NC(=O)/C=C/c2ccc(Cl)c(Cl)c2)c1)C1CCCCC1.[I-]. The molecule has 0 unspecified atom stereocenters.